The fraction of sp³-hybridized carbons (Fsp3) is 0.222. The highest BCUT2D eigenvalue weighted by Crippen LogP contribution is 2.44. The summed E-state index contributed by atoms with van der Waals surface area (Å²) in [6.45, 7) is 6.33. The first-order valence-corrected chi connectivity index (χ1v) is 10.7. The molecule has 0 aliphatic carbocycles. The van der Waals surface area contributed by atoms with Gasteiger partial charge in [-0.05, 0) is 42.2 Å². The molecule has 5 rings (SSSR count). The third kappa shape index (κ3) is 3.48. The van der Waals surface area contributed by atoms with Gasteiger partial charge in [0, 0.05) is 40.7 Å². The second-order valence-corrected chi connectivity index (χ2v) is 8.68. The van der Waals surface area contributed by atoms with Gasteiger partial charge in [0.25, 0.3) is 5.79 Å². The van der Waals surface area contributed by atoms with Crippen LogP contribution in [0.25, 0.3) is 10.9 Å². The Kier molecular flexibility index (Phi) is 4.58. The first kappa shape index (κ1) is 19.4. The predicted molar refractivity (Wildman–Crippen MR) is 122 cm³/mol. The molecule has 0 fully saturated rings. The van der Waals surface area contributed by atoms with Crippen molar-refractivity contribution in [3.8, 4) is 11.5 Å². The van der Waals surface area contributed by atoms with Crippen LogP contribution in [0, 0.1) is 5.92 Å². The Balaban J connectivity index is 1.41. The molecular weight excluding hydrogens is 386 g/mol. The Bertz CT molecular complexity index is 1270. The number of hydrogen-bond acceptors (Lipinski definition) is 3. The van der Waals surface area contributed by atoms with E-state index in [0.717, 1.165) is 22.9 Å². The number of benzene rings is 3. The van der Waals surface area contributed by atoms with E-state index in [-0.39, 0.29) is 5.78 Å². The summed E-state index contributed by atoms with van der Waals surface area (Å²) in [7, 11) is 0. The molecule has 31 heavy (non-hydrogen) atoms. The van der Waals surface area contributed by atoms with E-state index in [4.69, 9.17) is 9.47 Å². The quantitative estimate of drug-likeness (QED) is 0.395. The molecule has 4 nitrogen and oxygen atoms in total. The summed E-state index contributed by atoms with van der Waals surface area (Å²) >= 11 is 0. The minimum atomic E-state index is -0.916. The summed E-state index contributed by atoms with van der Waals surface area (Å²) in [6, 6.07) is 21.6. The van der Waals surface area contributed by atoms with Crippen LogP contribution in [0.3, 0.4) is 0 Å². The van der Waals surface area contributed by atoms with E-state index in [1.807, 2.05) is 37.3 Å². The maximum atomic E-state index is 13.2. The number of hydrogen-bond donors (Lipinski definition) is 1. The van der Waals surface area contributed by atoms with Crippen LogP contribution in [0.1, 0.15) is 47.8 Å². The number of aromatic amines is 1. The van der Waals surface area contributed by atoms with Crippen molar-refractivity contribution in [1.82, 2.24) is 4.98 Å². The highest BCUT2D eigenvalue weighted by Gasteiger charge is 2.39. The van der Waals surface area contributed by atoms with Gasteiger partial charge in [-0.2, -0.15) is 0 Å². The first-order valence-electron chi connectivity index (χ1n) is 10.7. The molecule has 0 spiro atoms. The van der Waals surface area contributed by atoms with Crippen molar-refractivity contribution in [3.05, 3.63) is 95.2 Å². The number of ether oxygens (including phenoxy) is 2. The normalized spacial score (nSPS) is 17.4. The molecule has 2 heterocycles. The van der Waals surface area contributed by atoms with Crippen LogP contribution < -0.4 is 9.47 Å². The van der Waals surface area contributed by atoms with Crippen LogP contribution in [0.5, 0.6) is 11.5 Å². The summed E-state index contributed by atoms with van der Waals surface area (Å²) in [6.07, 6.45) is 2.80. The summed E-state index contributed by atoms with van der Waals surface area (Å²) < 4.78 is 12.4. The van der Waals surface area contributed by atoms with Crippen molar-refractivity contribution in [2.75, 3.05) is 0 Å². The number of ketones is 1. The van der Waals surface area contributed by atoms with Gasteiger partial charge in [-0.15, -0.1) is 0 Å². The molecule has 0 amide bonds. The number of rotatable bonds is 5. The average Bonchev–Trinajstić information content (AvgIpc) is 3.33. The third-order valence-corrected chi connectivity index (χ3v) is 5.77. The van der Waals surface area contributed by atoms with Gasteiger partial charge in [0.1, 0.15) is 0 Å². The fourth-order valence-corrected chi connectivity index (χ4v) is 4.20. The van der Waals surface area contributed by atoms with Crippen LogP contribution in [0.15, 0.2) is 72.9 Å². The lowest BCUT2D eigenvalue weighted by molar-refractivity contribution is -0.0680. The molecule has 3 aromatic carbocycles. The van der Waals surface area contributed by atoms with Crippen molar-refractivity contribution >= 4 is 16.7 Å². The zero-order chi connectivity index (χ0) is 21.6. The summed E-state index contributed by atoms with van der Waals surface area (Å²) in [5.74, 6) is 0.873. The van der Waals surface area contributed by atoms with Gasteiger partial charge in [-0.3, -0.25) is 4.79 Å². The number of fused-ring (bicyclic) bond motifs is 2. The SMILES string of the molecule is CC(C)Cc1ccc(C2(C)Oc3ccc(C(=O)c4c[nH]c5ccccc45)cc3O2)cc1. The summed E-state index contributed by atoms with van der Waals surface area (Å²) in [5.41, 5.74) is 4.41. The zero-order valence-corrected chi connectivity index (χ0v) is 17.9. The fourth-order valence-electron chi connectivity index (χ4n) is 4.20. The van der Waals surface area contributed by atoms with Crippen molar-refractivity contribution in [1.29, 1.82) is 0 Å². The number of carbonyl (C=O) groups is 1. The molecule has 1 unspecified atom stereocenters. The number of para-hydroxylation sites is 1. The zero-order valence-electron chi connectivity index (χ0n) is 17.9. The van der Waals surface area contributed by atoms with Gasteiger partial charge in [-0.1, -0.05) is 56.3 Å². The van der Waals surface area contributed by atoms with Gasteiger partial charge < -0.3 is 14.5 Å². The minimum absolute atomic E-state index is 0.0458. The average molecular weight is 412 g/mol. The lowest BCUT2D eigenvalue weighted by atomic mass is 9.99. The second kappa shape index (κ2) is 7.31. The van der Waals surface area contributed by atoms with E-state index in [9.17, 15) is 4.79 Å². The van der Waals surface area contributed by atoms with Crippen molar-refractivity contribution in [2.24, 2.45) is 5.92 Å². The molecule has 1 aromatic heterocycles. The van der Waals surface area contributed by atoms with E-state index in [1.54, 1.807) is 18.3 Å². The van der Waals surface area contributed by atoms with Crippen LogP contribution >= 0.6 is 0 Å². The largest absolute Gasteiger partial charge is 0.445 e. The molecule has 1 aliphatic rings. The molecule has 1 N–H and O–H groups in total. The summed E-state index contributed by atoms with van der Waals surface area (Å²) in [5, 5.41) is 0.913. The standard InChI is InChI=1S/C27H25NO3/c1-17(2)14-18-8-11-20(12-9-18)27(3)30-24-13-10-19(15-25(24)31-27)26(29)22-16-28-23-7-5-4-6-21(22)23/h4-13,15-17,28H,14H2,1-3H3. The van der Waals surface area contributed by atoms with Gasteiger partial charge in [0.15, 0.2) is 17.3 Å². The van der Waals surface area contributed by atoms with E-state index >= 15 is 0 Å². The lowest BCUT2D eigenvalue weighted by Crippen LogP contribution is -2.31. The Hall–Kier alpha value is -3.53. The van der Waals surface area contributed by atoms with Crippen LogP contribution in [-0.4, -0.2) is 10.8 Å². The molecule has 0 radical (unpaired) electrons. The molecule has 1 atom stereocenters. The Labute approximate surface area is 181 Å². The monoisotopic (exact) mass is 411 g/mol. The van der Waals surface area contributed by atoms with Gasteiger partial charge in [0.05, 0.1) is 0 Å². The Morgan fingerprint density at radius 2 is 1.71 bits per heavy atom. The van der Waals surface area contributed by atoms with Crippen molar-refractivity contribution in [2.45, 2.75) is 33.0 Å². The molecule has 4 heteroatoms. The van der Waals surface area contributed by atoms with Gasteiger partial charge in [0.2, 0.25) is 0 Å². The lowest BCUT2D eigenvalue weighted by Gasteiger charge is -2.23. The maximum Gasteiger partial charge on any atom is 0.275 e. The number of aromatic nitrogens is 1. The molecule has 0 bridgehead atoms. The van der Waals surface area contributed by atoms with Crippen molar-refractivity contribution < 1.29 is 14.3 Å². The third-order valence-electron chi connectivity index (χ3n) is 5.77. The van der Waals surface area contributed by atoms with Crippen LogP contribution in [-0.2, 0) is 12.2 Å². The van der Waals surface area contributed by atoms with E-state index < -0.39 is 5.79 Å². The Morgan fingerprint density at radius 1 is 0.968 bits per heavy atom. The Morgan fingerprint density at radius 3 is 2.48 bits per heavy atom. The van der Waals surface area contributed by atoms with Gasteiger partial charge in [-0.25, -0.2) is 0 Å². The molecule has 1 aliphatic heterocycles. The minimum Gasteiger partial charge on any atom is -0.445 e. The summed E-state index contributed by atoms with van der Waals surface area (Å²) in [4.78, 5) is 16.3. The van der Waals surface area contributed by atoms with Crippen molar-refractivity contribution in [3.63, 3.8) is 0 Å². The molecular formula is C27H25NO3. The maximum absolute atomic E-state index is 13.2. The molecule has 0 saturated heterocycles. The van der Waals surface area contributed by atoms with E-state index in [2.05, 4.69) is 43.1 Å². The molecule has 0 saturated carbocycles. The number of nitrogens with one attached hydrogen (secondary N) is 1. The predicted octanol–water partition coefficient (Wildman–Crippen LogP) is 6.24. The first-order chi connectivity index (χ1) is 14.9. The highest BCUT2D eigenvalue weighted by molar-refractivity contribution is 6.16. The second-order valence-electron chi connectivity index (χ2n) is 8.68. The topological polar surface area (TPSA) is 51.3 Å². The van der Waals surface area contributed by atoms with E-state index in [1.165, 1.54) is 5.56 Å². The highest BCUT2D eigenvalue weighted by atomic mass is 16.7. The smallest absolute Gasteiger partial charge is 0.275 e. The number of H-pyrrole nitrogens is 1. The molecule has 4 aromatic rings. The van der Waals surface area contributed by atoms with E-state index in [0.29, 0.717) is 28.5 Å². The van der Waals surface area contributed by atoms with Crippen LogP contribution in [0.2, 0.25) is 0 Å². The van der Waals surface area contributed by atoms with Gasteiger partial charge >= 0.3 is 0 Å². The number of carbonyl (C=O) groups excluding carboxylic acids is 1. The molecule has 156 valence electrons. The van der Waals surface area contributed by atoms with Crippen LogP contribution in [0.4, 0.5) is 0 Å².